The fourth-order valence-electron chi connectivity index (χ4n) is 3.86. The summed E-state index contributed by atoms with van der Waals surface area (Å²) in [6, 6.07) is 13.5. The summed E-state index contributed by atoms with van der Waals surface area (Å²) in [7, 11) is 3.59. The van der Waals surface area contributed by atoms with Crippen molar-refractivity contribution in [3.63, 3.8) is 0 Å². The van der Waals surface area contributed by atoms with E-state index < -0.39 is 0 Å². The number of hydrogen-bond donors (Lipinski definition) is 1. The molecule has 0 spiro atoms. The van der Waals surface area contributed by atoms with Crippen LogP contribution in [0.1, 0.15) is 84.8 Å². The molecule has 2 aromatic rings. The summed E-state index contributed by atoms with van der Waals surface area (Å²) in [6.45, 7) is 13.0. The van der Waals surface area contributed by atoms with Crippen LogP contribution in [0.15, 0.2) is 47.5 Å². The van der Waals surface area contributed by atoms with Crippen LogP contribution in [-0.4, -0.2) is 44.4 Å². The van der Waals surface area contributed by atoms with Crippen molar-refractivity contribution in [2.24, 2.45) is 4.99 Å². The van der Waals surface area contributed by atoms with Gasteiger partial charge in [0.15, 0.2) is 0 Å². The lowest BCUT2D eigenvalue weighted by atomic mass is 9.99. The van der Waals surface area contributed by atoms with E-state index in [2.05, 4.69) is 63.7 Å². The maximum Gasteiger partial charge on any atom is 0.132 e. The first-order valence-electron chi connectivity index (χ1n) is 13.5. The number of rotatable bonds is 8. The Balaban J connectivity index is 0.00000119. The number of unbranched alkanes of at least 4 members (excludes halogenated alkanes) is 2. The summed E-state index contributed by atoms with van der Waals surface area (Å²) in [6.07, 6.45) is 13.8. The van der Waals surface area contributed by atoms with E-state index in [0.717, 1.165) is 28.3 Å². The number of methoxy groups -OCH3 is 1. The molecule has 38 heavy (non-hydrogen) atoms. The first-order chi connectivity index (χ1) is 18.3. The Bertz CT molecular complexity index is 984. The van der Waals surface area contributed by atoms with Crippen LogP contribution in [0.3, 0.4) is 0 Å². The molecular weight excluding hydrogens is 494 g/mol. The number of nitrogens with zero attached hydrogens (tertiary/aromatic N) is 2. The van der Waals surface area contributed by atoms with Gasteiger partial charge in [-0.25, -0.2) is 0 Å². The van der Waals surface area contributed by atoms with Crippen molar-refractivity contribution < 1.29 is 9.53 Å². The van der Waals surface area contributed by atoms with Gasteiger partial charge in [0.2, 0.25) is 0 Å². The third-order valence-corrected chi connectivity index (χ3v) is 5.97. The summed E-state index contributed by atoms with van der Waals surface area (Å²) in [5, 5.41) is 3.98. The normalized spacial score (nSPS) is 14.4. The van der Waals surface area contributed by atoms with Crippen molar-refractivity contribution in [2.45, 2.75) is 85.9 Å². The van der Waals surface area contributed by atoms with Gasteiger partial charge in [0, 0.05) is 34.8 Å². The monoisotopic (exact) mass is 541 g/mol. The molecule has 6 heteroatoms. The van der Waals surface area contributed by atoms with Crippen LogP contribution < -0.4 is 15.0 Å². The number of halogens is 1. The number of terminal acetylenes is 1. The Labute approximate surface area is 237 Å². The smallest absolute Gasteiger partial charge is 0.132 e. The highest BCUT2D eigenvalue weighted by Gasteiger charge is 2.28. The first-order valence-corrected chi connectivity index (χ1v) is 13.9. The minimum Gasteiger partial charge on any atom is -0.497 e. The average Bonchev–Trinajstić information content (AvgIpc) is 3.07. The lowest BCUT2D eigenvalue weighted by molar-refractivity contribution is -0.117. The van der Waals surface area contributed by atoms with Gasteiger partial charge in [0.25, 0.3) is 0 Å². The van der Waals surface area contributed by atoms with Crippen molar-refractivity contribution >= 4 is 28.8 Å². The molecule has 0 radical (unpaired) electrons. The Morgan fingerprint density at radius 3 is 2.16 bits per heavy atom. The van der Waals surface area contributed by atoms with Crippen LogP contribution >= 0.6 is 11.6 Å². The van der Waals surface area contributed by atoms with Crippen molar-refractivity contribution in [3.8, 4) is 18.6 Å². The number of nitrogens with one attached hydrogen (secondary N) is 1. The minimum absolute atomic E-state index is 0.0846. The van der Waals surface area contributed by atoms with Gasteiger partial charge < -0.3 is 15.0 Å². The van der Waals surface area contributed by atoms with Crippen LogP contribution in [0.2, 0.25) is 5.02 Å². The second-order valence-corrected chi connectivity index (χ2v) is 9.54. The van der Waals surface area contributed by atoms with E-state index in [9.17, 15) is 4.79 Å². The quantitative estimate of drug-likeness (QED) is 0.347. The number of fused-ring (bicyclic) bond motifs is 1. The predicted octanol–water partition coefficient (Wildman–Crippen LogP) is 7.78. The number of ether oxygens (including phenoxy) is 1. The van der Waals surface area contributed by atoms with Crippen LogP contribution in [-0.2, 0) is 4.79 Å². The molecule has 3 rings (SSSR count). The van der Waals surface area contributed by atoms with Crippen LogP contribution in [0.4, 0.5) is 5.69 Å². The third kappa shape index (κ3) is 11.7. The van der Waals surface area contributed by atoms with Gasteiger partial charge in [-0.05, 0) is 51.2 Å². The molecule has 0 bridgehead atoms. The summed E-state index contributed by atoms with van der Waals surface area (Å²) < 4.78 is 5.47. The molecule has 1 aliphatic heterocycles. The molecule has 0 saturated carbocycles. The van der Waals surface area contributed by atoms with Gasteiger partial charge in [0.1, 0.15) is 11.5 Å². The lowest BCUT2D eigenvalue weighted by Gasteiger charge is -2.32. The van der Waals surface area contributed by atoms with Gasteiger partial charge in [0.05, 0.1) is 25.0 Å². The molecule has 0 aromatic heterocycles. The Morgan fingerprint density at radius 1 is 1.13 bits per heavy atom. The Morgan fingerprint density at radius 2 is 1.71 bits per heavy atom. The number of carbonyl (C=O) groups excluding carboxylic acids is 1. The Hall–Kier alpha value is -2.81. The van der Waals surface area contributed by atoms with Gasteiger partial charge in [-0.15, -0.1) is 12.8 Å². The van der Waals surface area contributed by atoms with Gasteiger partial charge in [-0.2, -0.15) is 0 Å². The number of benzene rings is 2. The van der Waals surface area contributed by atoms with Crippen molar-refractivity contribution in [1.29, 1.82) is 0 Å². The maximum absolute atomic E-state index is 11.9. The minimum atomic E-state index is -0.141. The predicted molar refractivity (Wildman–Crippen MR) is 166 cm³/mol. The lowest BCUT2D eigenvalue weighted by Crippen LogP contribution is -2.45. The molecule has 1 N–H and O–H groups in total. The Kier molecular flexibility index (Phi) is 18.7. The van der Waals surface area contributed by atoms with E-state index in [1.165, 1.54) is 25.7 Å². The van der Waals surface area contributed by atoms with Gasteiger partial charge in [-0.3, -0.25) is 9.79 Å². The zero-order chi connectivity index (χ0) is 29.1. The molecule has 0 aliphatic carbocycles. The molecule has 2 unspecified atom stereocenters. The highest BCUT2D eigenvalue weighted by atomic mass is 35.5. The highest BCUT2D eigenvalue weighted by molar-refractivity contribution is 6.30. The van der Waals surface area contributed by atoms with E-state index in [-0.39, 0.29) is 18.0 Å². The van der Waals surface area contributed by atoms with E-state index in [4.69, 9.17) is 21.3 Å². The van der Waals surface area contributed by atoms with E-state index in [0.29, 0.717) is 18.0 Å². The zero-order valence-electron chi connectivity index (χ0n) is 24.7. The zero-order valence-corrected chi connectivity index (χ0v) is 25.4. The summed E-state index contributed by atoms with van der Waals surface area (Å²) in [4.78, 5) is 19.2. The number of ketones is 1. The molecule has 1 aliphatic rings. The standard InChI is InChI=1S/C22H26ClN3O2.C5H12.C3H8.C2H2/c1-14(27)11-18-13-26(15(2)24-3)21-10-9-19(28-4)12-20(21)22(25-18)16-5-7-17(23)8-6-16;1-3-5-4-2;1-3-2;1-2/h5-10,12,15,18,24H,11,13H2,1-4H3;3-5H2,1-2H3;3H2,1-2H3;1-2H. The second-order valence-electron chi connectivity index (χ2n) is 9.11. The summed E-state index contributed by atoms with van der Waals surface area (Å²) in [5.41, 5.74) is 3.85. The molecule has 0 amide bonds. The second kappa shape index (κ2) is 20.2. The van der Waals surface area contributed by atoms with Crippen molar-refractivity contribution in [3.05, 3.63) is 58.6 Å². The number of Topliss-reactive ketones (excluding diaryl/α,β-unsaturated/α-hetero) is 1. The van der Waals surface area contributed by atoms with E-state index >= 15 is 0 Å². The molecule has 0 fully saturated rings. The van der Waals surface area contributed by atoms with Gasteiger partial charge in [-0.1, -0.05) is 77.1 Å². The molecule has 2 aromatic carbocycles. The summed E-state index contributed by atoms with van der Waals surface area (Å²) in [5.74, 6) is 0.896. The molecule has 0 saturated heterocycles. The molecular formula is C32H48ClN3O2. The molecule has 210 valence electrons. The maximum atomic E-state index is 11.9. The van der Waals surface area contributed by atoms with Crippen LogP contribution in [0, 0.1) is 12.8 Å². The largest absolute Gasteiger partial charge is 0.497 e. The number of aliphatic imine (C=N–C) groups is 1. The SMILES string of the molecule is C#C.CCC.CCCCC.CNC(C)N1CC(CC(C)=O)N=C(c2ccc(Cl)cc2)c2cc(OC)ccc21. The number of carbonyl (C=O) groups is 1. The highest BCUT2D eigenvalue weighted by Crippen LogP contribution is 2.33. The molecule has 1 heterocycles. The average molecular weight is 542 g/mol. The van der Waals surface area contributed by atoms with E-state index in [1.807, 2.05) is 43.4 Å². The molecule has 5 nitrogen and oxygen atoms in total. The first kappa shape index (κ1) is 35.2. The van der Waals surface area contributed by atoms with Crippen molar-refractivity contribution in [2.75, 3.05) is 25.6 Å². The number of benzodiazepines with no additional fused rings is 1. The van der Waals surface area contributed by atoms with Crippen molar-refractivity contribution in [1.82, 2.24) is 5.32 Å². The fourth-order valence-corrected chi connectivity index (χ4v) is 3.98. The topological polar surface area (TPSA) is 53.9 Å². The van der Waals surface area contributed by atoms with E-state index in [1.54, 1.807) is 14.0 Å². The summed E-state index contributed by atoms with van der Waals surface area (Å²) >= 11 is 6.09. The van der Waals surface area contributed by atoms with Crippen LogP contribution in [0.5, 0.6) is 5.75 Å². The fraction of sp³-hybridized carbons (Fsp3) is 0.500. The molecule has 2 atom stereocenters. The number of anilines is 1. The third-order valence-electron chi connectivity index (χ3n) is 5.72. The van der Waals surface area contributed by atoms with Gasteiger partial charge >= 0.3 is 0 Å². The van der Waals surface area contributed by atoms with Crippen LogP contribution in [0.25, 0.3) is 0 Å². The number of hydrogen-bond acceptors (Lipinski definition) is 5.